The molecule has 4 N–H and O–H groups in total. The zero-order chi connectivity index (χ0) is 18.1. The molecule has 2 amide bonds. The van der Waals surface area contributed by atoms with Crippen LogP contribution in [0.2, 0.25) is 0 Å². The van der Waals surface area contributed by atoms with E-state index in [1.54, 1.807) is 12.1 Å². The highest BCUT2D eigenvalue weighted by Gasteiger charge is 2.30. The van der Waals surface area contributed by atoms with Crippen LogP contribution in [0.25, 0.3) is 0 Å². The molecule has 1 unspecified atom stereocenters. The SMILES string of the molecule is Cc1ccc(C(=O)Nc2sc3c(c2C(N)=O)CC[NH+](C(C)C)C3)cc1. The molecule has 2 aromatic rings. The van der Waals surface area contributed by atoms with Gasteiger partial charge in [0.25, 0.3) is 11.8 Å². The van der Waals surface area contributed by atoms with Gasteiger partial charge in [0, 0.05) is 12.0 Å². The fourth-order valence-electron chi connectivity index (χ4n) is 3.22. The lowest BCUT2D eigenvalue weighted by molar-refractivity contribution is -0.936. The number of benzene rings is 1. The van der Waals surface area contributed by atoms with E-state index in [-0.39, 0.29) is 5.91 Å². The summed E-state index contributed by atoms with van der Waals surface area (Å²) in [5, 5.41) is 3.48. The van der Waals surface area contributed by atoms with Crippen LogP contribution in [0.5, 0.6) is 0 Å². The van der Waals surface area contributed by atoms with Crippen LogP contribution in [0.3, 0.4) is 0 Å². The average Bonchev–Trinajstić information content (AvgIpc) is 2.92. The summed E-state index contributed by atoms with van der Waals surface area (Å²) in [7, 11) is 0. The van der Waals surface area contributed by atoms with Gasteiger partial charge in [-0.1, -0.05) is 17.7 Å². The molecule has 132 valence electrons. The largest absolute Gasteiger partial charge is 0.365 e. The van der Waals surface area contributed by atoms with Crippen LogP contribution >= 0.6 is 11.3 Å². The summed E-state index contributed by atoms with van der Waals surface area (Å²) < 4.78 is 0. The number of carbonyl (C=O) groups excluding carboxylic acids is 2. The molecule has 0 spiro atoms. The van der Waals surface area contributed by atoms with Crippen LogP contribution < -0.4 is 16.0 Å². The Morgan fingerprint density at radius 1 is 1.24 bits per heavy atom. The van der Waals surface area contributed by atoms with E-state index in [1.807, 2.05) is 19.1 Å². The minimum Gasteiger partial charge on any atom is -0.365 e. The van der Waals surface area contributed by atoms with Gasteiger partial charge in [0.05, 0.1) is 23.0 Å². The third-order valence-corrected chi connectivity index (χ3v) is 5.93. The normalized spacial score (nSPS) is 16.6. The van der Waals surface area contributed by atoms with Crippen LogP contribution in [0.4, 0.5) is 5.00 Å². The molecule has 0 bridgehead atoms. The Morgan fingerprint density at radius 2 is 1.92 bits per heavy atom. The first-order valence-corrected chi connectivity index (χ1v) is 9.35. The van der Waals surface area contributed by atoms with Gasteiger partial charge in [-0.05, 0) is 38.5 Å². The maximum atomic E-state index is 12.5. The van der Waals surface area contributed by atoms with E-state index in [2.05, 4.69) is 19.2 Å². The van der Waals surface area contributed by atoms with Crippen molar-refractivity contribution in [3.05, 3.63) is 51.4 Å². The number of hydrogen-bond acceptors (Lipinski definition) is 3. The second kappa shape index (κ2) is 6.98. The number of primary amides is 1. The fourth-order valence-corrected chi connectivity index (χ4v) is 4.52. The minimum absolute atomic E-state index is 0.214. The molecule has 0 saturated heterocycles. The van der Waals surface area contributed by atoms with Crippen molar-refractivity contribution in [1.82, 2.24) is 0 Å². The third kappa shape index (κ3) is 3.60. The molecule has 0 radical (unpaired) electrons. The maximum Gasteiger partial charge on any atom is 0.256 e. The first-order chi connectivity index (χ1) is 11.9. The zero-order valence-electron chi connectivity index (χ0n) is 14.8. The summed E-state index contributed by atoms with van der Waals surface area (Å²) in [6.45, 7) is 8.22. The van der Waals surface area contributed by atoms with Crippen molar-refractivity contribution in [3.8, 4) is 0 Å². The van der Waals surface area contributed by atoms with Gasteiger partial charge in [0.1, 0.15) is 11.5 Å². The molecule has 1 aromatic carbocycles. The highest BCUT2D eigenvalue weighted by molar-refractivity contribution is 7.17. The van der Waals surface area contributed by atoms with E-state index in [1.165, 1.54) is 16.2 Å². The van der Waals surface area contributed by atoms with E-state index in [4.69, 9.17) is 5.73 Å². The number of aryl methyl sites for hydroxylation is 1. The molecule has 1 aliphatic rings. The number of quaternary nitrogens is 1. The van der Waals surface area contributed by atoms with Gasteiger partial charge in [-0.3, -0.25) is 9.59 Å². The minimum atomic E-state index is -0.468. The third-order valence-electron chi connectivity index (χ3n) is 4.78. The molecule has 2 heterocycles. The van der Waals surface area contributed by atoms with Gasteiger partial charge in [-0.25, -0.2) is 0 Å². The second-order valence-electron chi connectivity index (χ2n) is 6.88. The molecule has 5 nitrogen and oxygen atoms in total. The Bertz CT molecular complexity index is 809. The summed E-state index contributed by atoms with van der Waals surface area (Å²) in [5.41, 5.74) is 8.79. The predicted molar refractivity (Wildman–Crippen MR) is 100 cm³/mol. The topological polar surface area (TPSA) is 76.6 Å². The van der Waals surface area contributed by atoms with Crippen molar-refractivity contribution in [2.75, 3.05) is 11.9 Å². The van der Waals surface area contributed by atoms with E-state index in [0.717, 1.165) is 35.5 Å². The number of nitrogens with two attached hydrogens (primary N) is 1. The Morgan fingerprint density at radius 3 is 2.52 bits per heavy atom. The molecular weight excluding hydrogens is 334 g/mol. The first-order valence-electron chi connectivity index (χ1n) is 8.53. The molecule has 3 rings (SSSR count). The van der Waals surface area contributed by atoms with E-state index < -0.39 is 5.91 Å². The first kappa shape index (κ1) is 17.6. The molecule has 1 aliphatic heterocycles. The summed E-state index contributed by atoms with van der Waals surface area (Å²) in [5.74, 6) is -0.682. The summed E-state index contributed by atoms with van der Waals surface area (Å²) >= 11 is 1.48. The Hall–Kier alpha value is -2.18. The van der Waals surface area contributed by atoms with E-state index in [0.29, 0.717) is 22.2 Å². The molecule has 1 atom stereocenters. The number of rotatable bonds is 4. The number of anilines is 1. The number of amides is 2. The quantitative estimate of drug-likeness (QED) is 0.779. The molecule has 25 heavy (non-hydrogen) atoms. The Labute approximate surface area is 151 Å². The lowest BCUT2D eigenvalue weighted by Crippen LogP contribution is -3.14. The molecule has 1 aromatic heterocycles. The summed E-state index contributed by atoms with van der Waals surface area (Å²) in [6, 6.07) is 7.89. The highest BCUT2D eigenvalue weighted by Crippen LogP contribution is 2.34. The van der Waals surface area contributed by atoms with Crippen molar-refractivity contribution >= 4 is 28.2 Å². The van der Waals surface area contributed by atoms with Gasteiger partial charge >= 0.3 is 0 Å². The summed E-state index contributed by atoms with van der Waals surface area (Å²) in [4.78, 5) is 27.2. The predicted octanol–water partition coefficient (Wildman–Crippen LogP) is 1.76. The molecular formula is C19H24N3O2S+. The molecule has 0 fully saturated rings. The van der Waals surface area contributed by atoms with Gasteiger partial charge in [0.15, 0.2) is 0 Å². The van der Waals surface area contributed by atoms with Crippen LogP contribution in [-0.4, -0.2) is 24.4 Å². The van der Waals surface area contributed by atoms with Crippen LogP contribution in [0.15, 0.2) is 24.3 Å². The number of carbonyl (C=O) groups is 2. The fraction of sp³-hybridized carbons (Fsp3) is 0.368. The lowest BCUT2D eigenvalue weighted by atomic mass is 10.0. The molecule has 6 heteroatoms. The van der Waals surface area contributed by atoms with Crippen molar-refractivity contribution < 1.29 is 14.5 Å². The molecule has 0 saturated carbocycles. The zero-order valence-corrected chi connectivity index (χ0v) is 15.6. The molecule has 0 aliphatic carbocycles. The van der Waals surface area contributed by atoms with Crippen molar-refractivity contribution in [2.24, 2.45) is 5.73 Å². The van der Waals surface area contributed by atoms with Crippen molar-refractivity contribution in [3.63, 3.8) is 0 Å². The number of hydrogen-bond donors (Lipinski definition) is 3. The van der Waals surface area contributed by atoms with Gasteiger partial charge in [0.2, 0.25) is 0 Å². The van der Waals surface area contributed by atoms with Crippen molar-refractivity contribution in [2.45, 2.75) is 39.8 Å². The van der Waals surface area contributed by atoms with Gasteiger partial charge in [-0.15, -0.1) is 11.3 Å². The average molecular weight is 358 g/mol. The van der Waals surface area contributed by atoms with Crippen LogP contribution in [0, 0.1) is 6.92 Å². The lowest BCUT2D eigenvalue weighted by Gasteiger charge is -2.27. The number of fused-ring (bicyclic) bond motifs is 1. The van der Waals surface area contributed by atoms with E-state index >= 15 is 0 Å². The Kier molecular flexibility index (Phi) is 4.92. The maximum absolute atomic E-state index is 12.5. The van der Waals surface area contributed by atoms with Gasteiger partial charge in [-0.2, -0.15) is 0 Å². The van der Waals surface area contributed by atoms with Crippen LogP contribution in [-0.2, 0) is 13.0 Å². The van der Waals surface area contributed by atoms with Gasteiger partial charge < -0.3 is 16.0 Å². The highest BCUT2D eigenvalue weighted by atomic mass is 32.1. The smallest absolute Gasteiger partial charge is 0.256 e. The van der Waals surface area contributed by atoms with Crippen molar-refractivity contribution in [1.29, 1.82) is 0 Å². The summed E-state index contributed by atoms with van der Waals surface area (Å²) in [6.07, 6.45) is 0.817. The monoisotopic (exact) mass is 358 g/mol. The number of thiophene rings is 1. The standard InChI is InChI=1S/C19H23N3O2S/c1-11(2)22-9-8-14-15(10-22)25-19(16(14)17(20)23)21-18(24)13-6-4-12(3)5-7-13/h4-7,11H,8-10H2,1-3H3,(H2,20,23)(H,21,24)/p+1. The van der Waals surface area contributed by atoms with E-state index in [9.17, 15) is 9.59 Å². The van der Waals surface area contributed by atoms with Crippen LogP contribution in [0.1, 0.15) is 50.6 Å². The Balaban J connectivity index is 1.90. The second-order valence-corrected chi connectivity index (χ2v) is 7.99. The number of nitrogens with one attached hydrogen (secondary N) is 2.